The van der Waals surface area contributed by atoms with Gasteiger partial charge in [-0.2, -0.15) is 0 Å². The van der Waals surface area contributed by atoms with Crippen LogP contribution >= 0.6 is 22.7 Å². The van der Waals surface area contributed by atoms with Crippen molar-refractivity contribution in [1.82, 2.24) is 0 Å². The summed E-state index contributed by atoms with van der Waals surface area (Å²) in [5.41, 5.74) is 0. The van der Waals surface area contributed by atoms with Gasteiger partial charge in [0, 0.05) is 0 Å². The predicted octanol–water partition coefficient (Wildman–Crippen LogP) is 19.3. The van der Waals surface area contributed by atoms with E-state index in [0.717, 1.165) is 0 Å². The van der Waals surface area contributed by atoms with E-state index in [0.29, 0.717) is 0 Å². The van der Waals surface area contributed by atoms with Crippen LogP contribution in [0.4, 0.5) is 0 Å². The quantitative estimate of drug-likeness (QED) is 0.0427. The molecule has 0 fully saturated rings. The topological polar surface area (TPSA) is 18.5 Å². The Hall–Kier alpha value is 0.771. The summed E-state index contributed by atoms with van der Waals surface area (Å²) in [6.45, 7) is 14.2. The molecule has 0 unspecified atom stereocenters. The first kappa shape index (κ1) is 55.1. The molecule has 2 aromatic heterocycles. The van der Waals surface area contributed by atoms with E-state index in [1.165, 1.54) is 222 Å². The van der Waals surface area contributed by atoms with E-state index in [1.807, 2.05) is 0 Å². The van der Waals surface area contributed by atoms with Crippen LogP contribution in [0.15, 0.2) is 12.1 Å². The van der Waals surface area contributed by atoms with Crippen molar-refractivity contribution < 1.29 is 8.85 Å². The number of benzene rings is 1. The summed E-state index contributed by atoms with van der Waals surface area (Å²) in [5.74, 6) is 2.65. The van der Waals surface area contributed by atoms with Crippen LogP contribution in [0.25, 0.3) is 20.2 Å². The molecule has 346 valence electrons. The SMILES string of the molecule is CCCCCC[Si](CCCCCC)(CCCCCC)Oc1c2c[c]([Sn]([CH3])([CH3])[CH3])sc2c(O[Si](CCCCCC)(CCCCCC)CCCCCC)c2c[c]([Sn]([CH3])([CH3])[CH3])sc12. The molecule has 2 heterocycles. The van der Waals surface area contributed by atoms with Gasteiger partial charge in [-0.05, 0) is 0 Å². The minimum absolute atomic E-state index is 1.30. The van der Waals surface area contributed by atoms with Gasteiger partial charge < -0.3 is 0 Å². The third kappa shape index (κ3) is 17.9. The van der Waals surface area contributed by atoms with Crippen LogP contribution in [-0.2, 0) is 0 Å². The fourth-order valence-corrected chi connectivity index (χ4v) is 31.0. The summed E-state index contributed by atoms with van der Waals surface area (Å²) in [5, 5.41) is 2.92. The van der Waals surface area contributed by atoms with Gasteiger partial charge in [-0.1, -0.05) is 0 Å². The number of unbranched alkanes of at least 4 members (excludes halogenated alkanes) is 18. The summed E-state index contributed by atoms with van der Waals surface area (Å²) in [6, 6.07) is 13.4. The Bertz CT molecular complexity index is 1370. The fraction of sp³-hybridized carbons (Fsp3) is 0.808. The van der Waals surface area contributed by atoms with Gasteiger partial charge in [0.15, 0.2) is 0 Å². The molecule has 0 atom stereocenters. The van der Waals surface area contributed by atoms with Crippen molar-refractivity contribution in [2.24, 2.45) is 0 Å². The van der Waals surface area contributed by atoms with Crippen molar-refractivity contribution in [2.45, 2.75) is 262 Å². The van der Waals surface area contributed by atoms with Crippen LogP contribution in [0.2, 0.25) is 65.9 Å². The number of fused-ring (bicyclic) bond motifs is 2. The molecule has 0 saturated heterocycles. The fourth-order valence-electron chi connectivity index (χ4n) is 9.38. The second-order valence-corrected chi connectivity index (χ2v) is 62.4. The summed E-state index contributed by atoms with van der Waals surface area (Å²) in [6.07, 6.45) is 32.2. The molecule has 3 rings (SSSR count). The van der Waals surface area contributed by atoms with E-state index < -0.39 is 53.4 Å². The van der Waals surface area contributed by atoms with Crippen LogP contribution in [0.1, 0.15) is 196 Å². The molecular weight excluding hydrogens is 1010 g/mol. The molecule has 3 aromatic rings. The van der Waals surface area contributed by atoms with E-state index in [-0.39, 0.29) is 0 Å². The van der Waals surface area contributed by atoms with Gasteiger partial charge in [0.25, 0.3) is 0 Å². The molecule has 0 aliphatic rings. The maximum absolute atomic E-state index is 8.24. The Morgan fingerprint density at radius 2 is 0.600 bits per heavy atom. The Balaban J connectivity index is 2.41. The molecule has 0 spiro atoms. The van der Waals surface area contributed by atoms with E-state index in [9.17, 15) is 0 Å². The van der Waals surface area contributed by atoms with Crippen LogP contribution < -0.4 is 14.6 Å². The van der Waals surface area contributed by atoms with E-state index in [4.69, 9.17) is 8.85 Å². The van der Waals surface area contributed by atoms with Crippen molar-refractivity contribution >= 4 is 102 Å². The molecule has 2 nitrogen and oxygen atoms in total. The molecule has 0 saturated carbocycles. The van der Waals surface area contributed by atoms with Crippen LogP contribution in [0.3, 0.4) is 0 Å². The zero-order chi connectivity index (χ0) is 44.1. The Kier molecular flexibility index (Phi) is 26.4. The van der Waals surface area contributed by atoms with Gasteiger partial charge >= 0.3 is 396 Å². The average molecular weight is 1110 g/mol. The van der Waals surface area contributed by atoms with Gasteiger partial charge in [-0.15, -0.1) is 0 Å². The van der Waals surface area contributed by atoms with Crippen molar-refractivity contribution in [3.63, 3.8) is 0 Å². The van der Waals surface area contributed by atoms with Crippen molar-refractivity contribution in [3.8, 4) is 11.5 Å². The standard InChI is InChI=1S/C46H80O2S2Si2.6CH3.2Sn/c1-7-13-19-25-35-51(36-26-20-14-8-2,37-27-21-15-9-3)47-43-41-31-33-50-46(41)44(42-32-34-49-45(42)43)48-52(38-28-22-16-10-4,39-29-23-17-11-5)40-30-24-18-12-6;;;;;;;;/h31-32H,7-30,35-40H2,1-6H3;6*1H3;;. The second-order valence-electron chi connectivity index (χ2n) is 21.3. The Morgan fingerprint density at radius 3 is 0.800 bits per heavy atom. The molecule has 0 aliphatic carbocycles. The third-order valence-corrected chi connectivity index (χ3v) is 43.4. The summed E-state index contributed by atoms with van der Waals surface area (Å²) in [7, 11) is -4.24. The minimum atomic E-state index is -2.48. The van der Waals surface area contributed by atoms with E-state index >= 15 is 0 Å². The van der Waals surface area contributed by atoms with Crippen LogP contribution in [-0.4, -0.2) is 53.4 Å². The zero-order valence-corrected chi connectivity index (χ0v) is 51.3. The first-order valence-electron chi connectivity index (χ1n) is 26.2. The van der Waals surface area contributed by atoms with Crippen molar-refractivity contribution in [1.29, 1.82) is 0 Å². The Labute approximate surface area is 392 Å². The van der Waals surface area contributed by atoms with Gasteiger partial charge in [-0.25, -0.2) is 0 Å². The maximum atomic E-state index is 8.24. The molecule has 0 bridgehead atoms. The molecule has 1 aromatic carbocycles. The predicted molar refractivity (Wildman–Crippen MR) is 290 cm³/mol. The summed E-state index contributed by atoms with van der Waals surface area (Å²) >= 11 is -0.630. The molecular formula is C52H98O2S2Si2Sn2. The molecule has 0 N–H and O–H groups in total. The first-order valence-corrected chi connectivity index (χ1v) is 52.8. The summed E-state index contributed by atoms with van der Waals surface area (Å²) in [4.78, 5) is 15.8. The molecule has 0 radical (unpaired) electrons. The van der Waals surface area contributed by atoms with E-state index in [1.54, 1.807) is 5.79 Å². The van der Waals surface area contributed by atoms with Gasteiger partial charge in [0.2, 0.25) is 0 Å². The number of hydrogen-bond donors (Lipinski definition) is 0. The first-order chi connectivity index (χ1) is 28.7. The van der Waals surface area contributed by atoms with Crippen molar-refractivity contribution in [2.75, 3.05) is 0 Å². The Morgan fingerprint density at radius 1 is 0.367 bits per heavy atom. The van der Waals surface area contributed by atoms with Gasteiger partial charge in [0.1, 0.15) is 0 Å². The summed E-state index contributed by atoms with van der Waals surface area (Å²) < 4.78 is 22.8. The average Bonchev–Trinajstić information content (AvgIpc) is 3.87. The monoisotopic (exact) mass is 1110 g/mol. The molecule has 60 heavy (non-hydrogen) atoms. The normalized spacial score (nSPS) is 13.0. The number of thiophene rings is 2. The van der Waals surface area contributed by atoms with Gasteiger partial charge in [0.05, 0.1) is 0 Å². The molecule has 8 heteroatoms. The van der Waals surface area contributed by atoms with Crippen LogP contribution in [0.5, 0.6) is 11.5 Å². The van der Waals surface area contributed by atoms with E-state index in [2.05, 4.69) is 106 Å². The third-order valence-electron chi connectivity index (χ3n) is 13.4. The number of hydrogen-bond acceptors (Lipinski definition) is 4. The van der Waals surface area contributed by atoms with Crippen LogP contribution in [0, 0.1) is 0 Å². The molecule has 0 amide bonds. The molecule has 0 aliphatic heterocycles. The number of rotatable bonds is 36. The zero-order valence-electron chi connectivity index (χ0n) is 42.0. The van der Waals surface area contributed by atoms with Crippen molar-refractivity contribution in [3.05, 3.63) is 12.1 Å². The second kappa shape index (κ2) is 28.7. The van der Waals surface area contributed by atoms with Gasteiger partial charge in [-0.3, -0.25) is 0 Å².